The molecular weight excluding hydrogens is 424 g/mol. The first-order chi connectivity index (χ1) is 16.3. The van der Waals surface area contributed by atoms with Gasteiger partial charge in [0.1, 0.15) is 11.6 Å². The second kappa shape index (κ2) is 12.0. The molecule has 0 radical (unpaired) electrons. The van der Waals surface area contributed by atoms with Gasteiger partial charge in [-0.1, -0.05) is 31.2 Å². The van der Waals surface area contributed by atoms with Gasteiger partial charge in [0.05, 0.1) is 12.6 Å². The van der Waals surface area contributed by atoms with Crippen LogP contribution in [0, 0.1) is 31.1 Å². The highest BCUT2D eigenvalue weighted by Gasteiger charge is 2.17. The average Bonchev–Trinajstić information content (AvgIpc) is 3.09. The number of rotatable bonds is 9. The number of aryl methyl sites for hydroxylation is 1. The lowest BCUT2D eigenvalue weighted by molar-refractivity contribution is -0.117. The van der Waals surface area contributed by atoms with Crippen LogP contribution in [-0.2, 0) is 22.6 Å². The van der Waals surface area contributed by atoms with Crippen molar-refractivity contribution >= 4 is 12.0 Å². The number of ether oxygens (including phenoxy) is 1. The van der Waals surface area contributed by atoms with Crippen LogP contribution in [0.15, 0.2) is 35.9 Å². The van der Waals surface area contributed by atoms with Crippen LogP contribution in [0.3, 0.4) is 0 Å². The van der Waals surface area contributed by atoms with Gasteiger partial charge in [0, 0.05) is 38.1 Å². The molecule has 1 aromatic heterocycles. The first-order valence-corrected chi connectivity index (χ1v) is 12.2. The average molecular weight is 463 g/mol. The molecule has 1 saturated heterocycles. The number of carbonyl (C=O) groups is 1. The molecule has 2 heterocycles. The molecule has 3 rings (SSSR count). The lowest BCUT2D eigenvalue weighted by Gasteiger charge is -2.30. The Balaban J connectivity index is 1.61. The second-order valence-corrected chi connectivity index (χ2v) is 9.65. The summed E-state index contributed by atoms with van der Waals surface area (Å²) in [4.78, 5) is 15.2. The van der Waals surface area contributed by atoms with Gasteiger partial charge in [-0.3, -0.25) is 9.69 Å². The van der Waals surface area contributed by atoms with E-state index in [-0.39, 0.29) is 17.5 Å². The SMILES string of the molecule is COCC(C)n1c(C)cc(C=C(C#N)C(=O)NCc2ccc(CN3CCCC(C)C3)cc2)c1C. The molecule has 6 nitrogen and oxygen atoms in total. The van der Waals surface area contributed by atoms with Crippen molar-refractivity contribution in [1.82, 2.24) is 14.8 Å². The van der Waals surface area contributed by atoms with E-state index >= 15 is 0 Å². The van der Waals surface area contributed by atoms with Crippen molar-refractivity contribution in [1.29, 1.82) is 5.26 Å². The highest BCUT2D eigenvalue weighted by Crippen LogP contribution is 2.23. The van der Waals surface area contributed by atoms with E-state index in [9.17, 15) is 10.1 Å². The third kappa shape index (κ3) is 6.59. The summed E-state index contributed by atoms with van der Waals surface area (Å²) in [5, 5.41) is 12.5. The molecule has 1 aliphatic heterocycles. The first-order valence-electron chi connectivity index (χ1n) is 12.2. The van der Waals surface area contributed by atoms with E-state index in [0.717, 1.165) is 41.5 Å². The fraction of sp³-hybridized carbons (Fsp3) is 0.500. The van der Waals surface area contributed by atoms with Crippen LogP contribution in [0.25, 0.3) is 6.08 Å². The first kappa shape index (κ1) is 25.7. The van der Waals surface area contributed by atoms with Gasteiger partial charge in [0.2, 0.25) is 0 Å². The molecular formula is C28H38N4O2. The number of likely N-dealkylation sites (tertiary alicyclic amines) is 1. The van der Waals surface area contributed by atoms with Crippen LogP contribution in [0.4, 0.5) is 0 Å². The van der Waals surface area contributed by atoms with Gasteiger partial charge in [-0.25, -0.2) is 0 Å². The zero-order chi connectivity index (χ0) is 24.7. The van der Waals surface area contributed by atoms with E-state index in [0.29, 0.717) is 13.2 Å². The molecule has 1 aliphatic rings. The fourth-order valence-corrected chi connectivity index (χ4v) is 4.98. The van der Waals surface area contributed by atoms with E-state index in [1.807, 2.05) is 19.9 Å². The largest absolute Gasteiger partial charge is 0.383 e. The standard InChI is InChI=1S/C28H38N4O2/c1-20-7-6-12-31(17-20)18-25-10-8-24(9-11-25)16-30-28(33)27(15-29)14-26-13-21(2)32(23(26)4)22(3)19-34-5/h8-11,13-14,20,22H,6-7,12,16-19H2,1-5H3,(H,30,33). The molecule has 0 bridgehead atoms. The van der Waals surface area contributed by atoms with Crippen molar-refractivity contribution in [2.45, 2.75) is 59.7 Å². The molecule has 6 heteroatoms. The molecule has 0 spiro atoms. The Morgan fingerprint density at radius 3 is 2.65 bits per heavy atom. The second-order valence-electron chi connectivity index (χ2n) is 9.65. The molecule has 2 aromatic rings. The van der Waals surface area contributed by atoms with Crippen LogP contribution in [0.2, 0.25) is 0 Å². The minimum atomic E-state index is -0.358. The number of methoxy groups -OCH3 is 1. The summed E-state index contributed by atoms with van der Waals surface area (Å²) in [6, 6.07) is 12.6. The molecule has 0 aliphatic carbocycles. The maximum atomic E-state index is 12.7. The third-order valence-corrected chi connectivity index (χ3v) is 6.66. The number of amides is 1. The molecule has 34 heavy (non-hydrogen) atoms. The van der Waals surface area contributed by atoms with Crippen molar-refractivity contribution in [3.05, 3.63) is 64.0 Å². The maximum absolute atomic E-state index is 12.7. The highest BCUT2D eigenvalue weighted by molar-refractivity contribution is 6.01. The van der Waals surface area contributed by atoms with Crippen molar-refractivity contribution < 1.29 is 9.53 Å². The lowest BCUT2D eigenvalue weighted by Crippen LogP contribution is -2.33. The molecule has 182 valence electrons. The van der Waals surface area contributed by atoms with Gasteiger partial charge in [0.15, 0.2) is 0 Å². The summed E-state index contributed by atoms with van der Waals surface area (Å²) in [6.07, 6.45) is 4.28. The number of aromatic nitrogens is 1. The number of nitrogens with zero attached hydrogens (tertiary/aromatic N) is 3. The minimum Gasteiger partial charge on any atom is -0.383 e. The Labute approximate surface area is 204 Å². The molecule has 1 fully saturated rings. The van der Waals surface area contributed by atoms with Crippen molar-refractivity contribution in [2.75, 3.05) is 26.8 Å². The van der Waals surface area contributed by atoms with Crippen LogP contribution < -0.4 is 5.32 Å². The molecule has 1 N–H and O–H groups in total. The smallest absolute Gasteiger partial charge is 0.262 e. The van der Waals surface area contributed by atoms with Crippen LogP contribution in [0.1, 0.15) is 60.8 Å². The van der Waals surface area contributed by atoms with Gasteiger partial charge in [-0.15, -0.1) is 0 Å². The summed E-state index contributed by atoms with van der Waals surface area (Å²) in [5.74, 6) is 0.411. The summed E-state index contributed by atoms with van der Waals surface area (Å²) in [5.41, 5.74) is 5.39. The van der Waals surface area contributed by atoms with E-state index in [4.69, 9.17) is 4.74 Å². The van der Waals surface area contributed by atoms with E-state index < -0.39 is 0 Å². The van der Waals surface area contributed by atoms with Crippen LogP contribution in [-0.4, -0.2) is 42.2 Å². The van der Waals surface area contributed by atoms with E-state index in [1.165, 1.54) is 24.9 Å². The van der Waals surface area contributed by atoms with E-state index in [1.54, 1.807) is 13.2 Å². The summed E-state index contributed by atoms with van der Waals surface area (Å²) in [7, 11) is 1.69. The predicted molar refractivity (Wildman–Crippen MR) is 136 cm³/mol. The Bertz CT molecular complexity index is 1050. The topological polar surface area (TPSA) is 70.3 Å². The van der Waals surface area contributed by atoms with Gasteiger partial charge in [-0.2, -0.15) is 5.26 Å². The molecule has 2 atom stereocenters. The molecule has 0 saturated carbocycles. The third-order valence-electron chi connectivity index (χ3n) is 6.66. The fourth-order valence-electron chi connectivity index (χ4n) is 4.98. The number of piperidine rings is 1. The van der Waals surface area contributed by atoms with Crippen LogP contribution in [0.5, 0.6) is 0 Å². The molecule has 1 amide bonds. The van der Waals surface area contributed by atoms with E-state index in [2.05, 4.69) is 59.0 Å². The normalized spacial score (nSPS) is 17.9. The zero-order valence-electron chi connectivity index (χ0n) is 21.2. The Kier molecular flexibility index (Phi) is 9.09. The maximum Gasteiger partial charge on any atom is 0.262 e. The molecule has 2 unspecified atom stereocenters. The number of hydrogen-bond donors (Lipinski definition) is 1. The summed E-state index contributed by atoms with van der Waals surface area (Å²) >= 11 is 0. The zero-order valence-corrected chi connectivity index (χ0v) is 21.2. The van der Waals surface area contributed by atoms with Crippen LogP contribution >= 0.6 is 0 Å². The van der Waals surface area contributed by atoms with Gasteiger partial charge >= 0.3 is 0 Å². The Morgan fingerprint density at radius 2 is 2.00 bits per heavy atom. The van der Waals surface area contributed by atoms with Gasteiger partial charge < -0.3 is 14.6 Å². The number of nitrogens with one attached hydrogen (secondary N) is 1. The van der Waals surface area contributed by atoms with Gasteiger partial charge in [0.25, 0.3) is 5.91 Å². The highest BCUT2D eigenvalue weighted by atomic mass is 16.5. The minimum absolute atomic E-state index is 0.107. The monoisotopic (exact) mass is 462 g/mol. The summed E-state index contributed by atoms with van der Waals surface area (Å²) in [6.45, 7) is 12.7. The predicted octanol–water partition coefficient (Wildman–Crippen LogP) is 4.77. The number of benzene rings is 1. The van der Waals surface area contributed by atoms with Crippen molar-refractivity contribution in [3.8, 4) is 6.07 Å². The number of carbonyl (C=O) groups excluding carboxylic acids is 1. The Hall–Kier alpha value is -2.88. The number of hydrogen-bond acceptors (Lipinski definition) is 4. The van der Waals surface area contributed by atoms with Crippen molar-refractivity contribution in [3.63, 3.8) is 0 Å². The molecule has 1 aromatic carbocycles. The number of nitriles is 1. The lowest BCUT2D eigenvalue weighted by atomic mass is 9.99. The quantitative estimate of drug-likeness (QED) is 0.431. The van der Waals surface area contributed by atoms with Crippen molar-refractivity contribution in [2.24, 2.45) is 5.92 Å². The Morgan fingerprint density at radius 1 is 1.29 bits per heavy atom. The van der Waals surface area contributed by atoms with Gasteiger partial charge in [-0.05, 0) is 74.9 Å². The summed E-state index contributed by atoms with van der Waals surface area (Å²) < 4.78 is 7.46.